The third-order valence-corrected chi connectivity index (χ3v) is 7.42. The summed E-state index contributed by atoms with van der Waals surface area (Å²) in [4.78, 5) is 18.3. The number of ether oxygens (including phenoxy) is 2. The molecule has 0 spiro atoms. The number of aromatic nitrogens is 2. The third kappa shape index (κ3) is 5.75. The van der Waals surface area contributed by atoms with Crippen LogP contribution in [0.25, 0.3) is 33.5 Å². The Morgan fingerprint density at radius 2 is 1.90 bits per heavy atom. The topological polar surface area (TPSA) is 78.9 Å². The largest absolute Gasteiger partial charge is 0.490 e. The molecule has 10 heteroatoms. The van der Waals surface area contributed by atoms with E-state index in [0.29, 0.717) is 56.5 Å². The first-order valence-corrected chi connectivity index (χ1v) is 14.4. The molecule has 0 aliphatic heterocycles. The summed E-state index contributed by atoms with van der Waals surface area (Å²) in [6.45, 7) is 2.45. The van der Waals surface area contributed by atoms with Gasteiger partial charge in [0.1, 0.15) is 18.0 Å². The van der Waals surface area contributed by atoms with E-state index in [4.69, 9.17) is 30.5 Å². The van der Waals surface area contributed by atoms with Gasteiger partial charge in [-0.1, -0.05) is 35.9 Å². The number of benzene rings is 4. The first-order valence-electron chi connectivity index (χ1n) is 13.0. The molecule has 2 heterocycles. The van der Waals surface area contributed by atoms with E-state index in [-0.39, 0.29) is 23.8 Å². The molecule has 6 aromatic rings. The smallest absolute Gasteiger partial charge is 0.282 e. The molecule has 42 heavy (non-hydrogen) atoms. The molecule has 0 radical (unpaired) electrons. The van der Waals surface area contributed by atoms with Gasteiger partial charge in [-0.25, -0.2) is 9.37 Å². The highest BCUT2D eigenvalue weighted by atomic mass is 127. The highest BCUT2D eigenvalue weighted by Crippen LogP contribution is 2.35. The zero-order valence-electron chi connectivity index (χ0n) is 22.2. The predicted octanol–water partition coefficient (Wildman–Crippen LogP) is 8.07. The Hall–Kier alpha value is -4.22. The maximum atomic E-state index is 13.6. The van der Waals surface area contributed by atoms with Crippen LogP contribution in [0.5, 0.6) is 11.5 Å². The van der Waals surface area contributed by atoms with E-state index in [9.17, 15) is 9.18 Å². The molecule has 0 saturated carbocycles. The standard InChI is InChI=1S/C32H22ClFIN3O4/c1-2-40-28-14-20(13-25(35)30(28)41-18-19-6-5-7-23(34)12-19)17-36-38-31(37-26-9-4-3-8-24(26)32(38)39)29-16-21-15-22(33)10-11-27(21)42-29/h3-17H,2,18H2,1H3. The van der Waals surface area contributed by atoms with Gasteiger partial charge in [-0.15, -0.1) is 0 Å². The van der Waals surface area contributed by atoms with E-state index >= 15 is 0 Å². The second-order valence-electron chi connectivity index (χ2n) is 9.29. The highest BCUT2D eigenvalue weighted by molar-refractivity contribution is 14.1. The van der Waals surface area contributed by atoms with Crippen molar-refractivity contribution in [3.63, 3.8) is 0 Å². The summed E-state index contributed by atoms with van der Waals surface area (Å²) < 4.78 is 33.6. The van der Waals surface area contributed by atoms with Crippen molar-refractivity contribution >= 4 is 62.3 Å². The molecule has 0 N–H and O–H groups in total. The molecule has 0 amide bonds. The quantitative estimate of drug-likeness (QED) is 0.119. The minimum Gasteiger partial charge on any atom is -0.490 e. The van der Waals surface area contributed by atoms with Crippen LogP contribution in [0, 0.1) is 9.39 Å². The van der Waals surface area contributed by atoms with Crippen LogP contribution in [0.2, 0.25) is 5.02 Å². The molecule has 7 nitrogen and oxygen atoms in total. The van der Waals surface area contributed by atoms with Gasteiger partial charge in [0, 0.05) is 10.4 Å². The summed E-state index contributed by atoms with van der Waals surface area (Å²) in [6.07, 6.45) is 1.56. The molecule has 0 unspecified atom stereocenters. The van der Waals surface area contributed by atoms with Gasteiger partial charge < -0.3 is 13.9 Å². The van der Waals surface area contributed by atoms with Crippen molar-refractivity contribution in [3.05, 3.63) is 121 Å². The molecule has 2 aromatic heterocycles. The summed E-state index contributed by atoms with van der Waals surface area (Å²) >= 11 is 8.32. The van der Waals surface area contributed by atoms with Crippen LogP contribution in [-0.4, -0.2) is 22.5 Å². The first-order chi connectivity index (χ1) is 20.4. The third-order valence-electron chi connectivity index (χ3n) is 6.38. The molecule has 0 fully saturated rings. The van der Waals surface area contributed by atoms with Crippen molar-refractivity contribution in [3.8, 4) is 23.1 Å². The second kappa shape index (κ2) is 11.9. The van der Waals surface area contributed by atoms with E-state index < -0.39 is 0 Å². The van der Waals surface area contributed by atoms with E-state index in [1.807, 2.05) is 19.1 Å². The number of fused-ring (bicyclic) bond motifs is 2. The lowest BCUT2D eigenvalue weighted by Crippen LogP contribution is -2.20. The molecule has 210 valence electrons. The van der Waals surface area contributed by atoms with Crippen molar-refractivity contribution < 1.29 is 18.3 Å². The lowest BCUT2D eigenvalue weighted by atomic mass is 10.2. The Morgan fingerprint density at radius 3 is 2.74 bits per heavy atom. The number of para-hydroxylation sites is 1. The highest BCUT2D eigenvalue weighted by Gasteiger charge is 2.17. The molecule has 4 aromatic carbocycles. The zero-order valence-corrected chi connectivity index (χ0v) is 25.1. The summed E-state index contributed by atoms with van der Waals surface area (Å²) in [5, 5.41) is 6.32. The molecule has 0 aliphatic carbocycles. The Kier molecular flexibility index (Phi) is 7.94. The number of nitrogens with zero attached hydrogens (tertiary/aromatic N) is 3. The van der Waals surface area contributed by atoms with Crippen molar-refractivity contribution in [2.75, 3.05) is 6.61 Å². The zero-order chi connectivity index (χ0) is 29.2. The molecule has 0 atom stereocenters. The monoisotopic (exact) mass is 693 g/mol. The summed E-state index contributed by atoms with van der Waals surface area (Å²) in [5.41, 5.74) is 2.15. The lowest BCUT2D eigenvalue weighted by Gasteiger charge is -2.15. The maximum Gasteiger partial charge on any atom is 0.282 e. The number of rotatable bonds is 8. The fourth-order valence-electron chi connectivity index (χ4n) is 4.49. The average Bonchev–Trinajstić information content (AvgIpc) is 3.39. The number of hydrogen-bond donors (Lipinski definition) is 0. The van der Waals surface area contributed by atoms with Crippen LogP contribution in [0.1, 0.15) is 18.1 Å². The van der Waals surface area contributed by atoms with E-state index in [1.165, 1.54) is 16.8 Å². The number of hydrogen-bond acceptors (Lipinski definition) is 6. The van der Waals surface area contributed by atoms with Gasteiger partial charge in [0.15, 0.2) is 17.3 Å². The predicted molar refractivity (Wildman–Crippen MR) is 170 cm³/mol. The fraction of sp³-hybridized carbons (Fsp3) is 0.0938. The Labute approximate surface area is 258 Å². The van der Waals surface area contributed by atoms with Crippen LogP contribution >= 0.6 is 34.2 Å². The first kappa shape index (κ1) is 27.9. The van der Waals surface area contributed by atoms with Crippen LogP contribution in [0.15, 0.2) is 99.2 Å². The SMILES string of the molecule is CCOc1cc(C=Nn2c(-c3cc4cc(Cl)ccc4o3)nc3ccccc3c2=O)cc(I)c1OCc1cccc(F)c1. The lowest BCUT2D eigenvalue weighted by molar-refractivity contribution is 0.267. The molecule has 0 bridgehead atoms. The Bertz CT molecular complexity index is 2040. The van der Waals surface area contributed by atoms with Gasteiger partial charge in [0.25, 0.3) is 5.56 Å². The van der Waals surface area contributed by atoms with E-state index in [1.54, 1.807) is 66.9 Å². The number of furan rings is 1. The number of halogens is 3. The van der Waals surface area contributed by atoms with Gasteiger partial charge in [0.2, 0.25) is 5.82 Å². The Morgan fingerprint density at radius 1 is 1.05 bits per heavy atom. The summed E-state index contributed by atoms with van der Waals surface area (Å²) in [6, 6.07) is 24.0. The van der Waals surface area contributed by atoms with Crippen LogP contribution < -0.4 is 15.0 Å². The maximum absolute atomic E-state index is 13.6. The van der Waals surface area contributed by atoms with Crippen molar-refractivity contribution in [2.24, 2.45) is 5.10 Å². The van der Waals surface area contributed by atoms with Crippen molar-refractivity contribution in [1.29, 1.82) is 0 Å². The minimum atomic E-state index is -0.347. The van der Waals surface area contributed by atoms with Gasteiger partial charge in [-0.2, -0.15) is 9.78 Å². The average molecular weight is 694 g/mol. The fourth-order valence-corrected chi connectivity index (χ4v) is 5.45. The van der Waals surface area contributed by atoms with Crippen LogP contribution in [0.4, 0.5) is 4.39 Å². The van der Waals surface area contributed by atoms with Gasteiger partial charge >= 0.3 is 0 Å². The second-order valence-corrected chi connectivity index (χ2v) is 10.9. The van der Waals surface area contributed by atoms with E-state index in [0.717, 1.165) is 8.96 Å². The molecule has 0 aliphatic rings. The normalized spacial score (nSPS) is 11.5. The van der Waals surface area contributed by atoms with E-state index in [2.05, 4.69) is 27.7 Å². The van der Waals surface area contributed by atoms with Gasteiger partial charge in [-0.05, 0) is 101 Å². The molecular weight excluding hydrogens is 672 g/mol. The molecular formula is C32H22ClFIN3O4. The van der Waals surface area contributed by atoms with Gasteiger partial charge in [0.05, 0.1) is 27.3 Å². The van der Waals surface area contributed by atoms with Gasteiger partial charge in [-0.3, -0.25) is 4.79 Å². The van der Waals surface area contributed by atoms with Crippen LogP contribution in [0.3, 0.4) is 0 Å². The summed E-state index contributed by atoms with van der Waals surface area (Å²) in [5.74, 6) is 1.33. The summed E-state index contributed by atoms with van der Waals surface area (Å²) in [7, 11) is 0. The minimum absolute atomic E-state index is 0.172. The Balaban J connectivity index is 1.40. The molecule has 0 saturated heterocycles. The van der Waals surface area contributed by atoms with Crippen molar-refractivity contribution in [1.82, 2.24) is 9.66 Å². The van der Waals surface area contributed by atoms with Crippen molar-refractivity contribution in [2.45, 2.75) is 13.5 Å². The van der Waals surface area contributed by atoms with Crippen LogP contribution in [-0.2, 0) is 6.61 Å². The molecule has 6 rings (SSSR count).